The highest BCUT2D eigenvalue weighted by Crippen LogP contribution is 2.24. The molecule has 0 radical (unpaired) electrons. The molecule has 1 N–H and O–H groups in total. The van der Waals surface area contributed by atoms with Gasteiger partial charge in [0.05, 0.1) is 13.2 Å². The Morgan fingerprint density at radius 1 is 1.39 bits per heavy atom. The fourth-order valence-electron chi connectivity index (χ4n) is 2.71. The van der Waals surface area contributed by atoms with Crippen LogP contribution in [0.25, 0.3) is 0 Å². The maximum atomic E-state index is 9.48. The molecule has 0 bridgehead atoms. The predicted octanol–water partition coefficient (Wildman–Crippen LogP) is 0.818. The molecule has 1 aromatic rings. The summed E-state index contributed by atoms with van der Waals surface area (Å²) >= 11 is 0. The Morgan fingerprint density at radius 2 is 2.22 bits per heavy atom. The SMILES string of the molecule is CCCn1nnnc1CN1C(C)CCCC1CO. The van der Waals surface area contributed by atoms with Crippen molar-refractivity contribution < 1.29 is 5.11 Å². The first-order valence-corrected chi connectivity index (χ1v) is 6.88. The van der Waals surface area contributed by atoms with Gasteiger partial charge in [-0.3, -0.25) is 4.90 Å². The molecule has 0 aliphatic carbocycles. The molecule has 1 saturated heterocycles. The fourth-order valence-corrected chi connectivity index (χ4v) is 2.71. The molecule has 2 atom stereocenters. The third-order valence-electron chi connectivity index (χ3n) is 3.77. The minimum absolute atomic E-state index is 0.222. The molecule has 102 valence electrons. The third-order valence-corrected chi connectivity index (χ3v) is 3.77. The van der Waals surface area contributed by atoms with E-state index in [-0.39, 0.29) is 12.6 Å². The van der Waals surface area contributed by atoms with Crippen molar-refractivity contribution in [3.63, 3.8) is 0 Å². The molecule has 0 amide bonds. The number of aryl methyl sites for hydroxylation is 1. The minimum Gasteiger partial charge on any atom is -0.395 e. The summed E-state index contributed by atoms with van der Waals surface area (Å²) in [5, 5.41) is 21.4. The molecular weight excluding hydrogens is 230 g/mol. The molecule has 2 rings (SSSR count). The van der Waals surface area contributed by atoms with Gasteiger partial charge in [-0.05, 0) is 36.6 Å². The molecule has 2 heterocycles. The first-order chi connectivity index (χ1) is 8.76. The zero-order valence-corrected chi connectivity index (χ0v) is 11.3. The standard InChI is InChI=1S/C12H23N5O/c1-3-7-17-12(13-14-15-17)8-16-10(2)5-4-6-11(16)9-18/h10-11,18H,3-9H2,1-2H3. The molecule has 1 aliphatic rings. The highest BCUT2D eigenvalue weighted by atomic mass is 16.3. The number of hydrogen-bond donors (Lipinski definition) is 1. The number of rotatable bonds is 5. The van der Waals surface area contributed by atoms with Crippen LogP contribution in [0.4, 0.5) is 0 Å². The van der Waals surface area contributed by atoms with E-state index in [0.29, 0.717) is 6.04 Å². The Hall–Kier alpha value is -1.01. The van der Waals surface area contributed by atoms with Crippen molar-refractivity contribution in [2.75, 3.05) is 6.61 Å². The van der Waals surface area contributed by atoms with E-state index in [0.717, 1.165) is 31.8 Å². The van der Waals surface area contributed by atoms with Crippen molar-refractivity contribution in [2.24, 2.45) is 0 Å². The van der Waals surface area contributed by atoms with Gasteiger partial charge in [0.25, 0.3) is 0 Å². The highest BCUT2D eigenvalue weighted by molar-refractivity contribution is 4.88. The van der Waals surface area contributed by atoms with Gasteiger partial charge < -0.3 is 5.11 Å². The number of aliphatic hydroxyl groups is 1. The molecule has 0 aromatic carbocycles. The first kappa shape index (κ1) is 13.4. The second kappa shape index (κ2) is 6.24. The van der Waals surface area contributed by atoms with E-state index >= 15 is 0 Å². The zero-order chi connectivity index (χ0) is 13.0. The van der Waals surface area contributed by atoms with Gasteiger partial charge in [0.2, 0.25) is 0 Å². The maximum absolute atomic E-state index is 9.48. The van der Waals surface area contributed by atoms with E-state index in [2.05, 4.69) is 34.3 Å². The number of tetrazole rings is 1. The quantitative estimate of drug-likeness (QED) is 0.841. The van der Waals surface area contributed by atoms with Crippen molar-refractivity contribution in [3.05, 3.63) is 5.82 Å². The van der Waals surface area contributed by atoms with Crippen LogP contribution in [0, 0.1) is 0 Å². The van der Waals surface area contributed by atoms with Gasteiger partial charge in [-0.1, -0.05) is 13.3 Å². The van der Waals surface area contributed by atoms with E-state index in [1.807, 2.05) is 4.68 Å². The lowest BCUT2D eigenvalue weighted by Crippen LogP contribution is -2.46. The summed E-state index contributed by atoms with van der Waals surface area (Å²) in [5.41, 5.74) is 0. The smallest absolute Gasteiger partial charge is 0.165 e. The van der Waals surface area contributed by atoms with Gasteiger partial charge in [0, 0.05) is 18.6 Å². The molecule has 2 unspecified atom stereocenters. The van der Waals surface area contributed by atoms with Crippen molar-refractivity contribution in [2.45, 2.75) is 64.7 Å². The van der Waals surface area contributed by atoms with E-state index < -0.39 is 0 Å². The molecule has 0 saturated carbocycles. The largest absolute Gasteiger partial charge is 0.395 e. The maximum Gasteiger partial charge on any atom is 0.165 e. The van der Waals surface area contributed by atoms with Crippen LogP contribution in [-0.4, -0.2) is 48.9 Å². The van der Waals surface area contributed by atoms with Gasteiger partial charge in [-0.2, -0.15) is 0 Å². The zero-order valence-electron chi connectivity index (χ0n) is 11.3. The molecule has 1 aliphatic heterocycles. The van der Waals surface area contributed by atoms with Crippen LogP contribution in [0.5, 0.6) is 0 Å². The van der Waals surface area contributed by atoms with Crippen LogP contribution in [0.1, 0.15) is 45.4 Å². The minimum atomic E-state index is 0.222. The van der Waals surface area contributed by atoms with Crippen molar-refractivity contribution in [1.82, 2.24) is 25.1 Å². The number of aliphatic hydroxyl groups excluding tert-OH is 1. The molecule has 0 spiro atoms. The number of piperidine rings is 1. The number of aromatic nitrogens is 4. The molecule has 1 fully saturated rings. The lowest BCUT2D eigenvalue weighted by molar-refractivity contribution is 0.0419. The van der Waals surface area contributed by atoms with Gasteiger partial charge in [0.1, 0.15) is 0 Å². The summed E-state index contributed by atoms with van der Waals surface area (Å²) < 4.78 is 1.87. The van der Waals surface area contributed by atoms with Crippen molar-refractivity contribution in [3.8, 4) is 0 Å². The lowest BCUT2D eigenvalue weighted by Gasteiger charge is -2.39. The average molecular weight is 253 g/mol. The third kappa shape index (κ3) is 2.87. The second-order valence-electron chi connectivity index (χ2n) is 5.11. The topological polar surface area (TPSA) is 67.1 Å². The van der Waals surface area contributed by atoms with E-state index in [9.17, 15) is 5.11 Å². The van der Waals surface area contributed by atoms with Gasteiger partial charge >= 0.3 is 0 Å². The lowest BCUT2D eigenvalue weighted by atomic mass is 9.97. The summed E-state index contributed by atoms with van der Waals surface area (Å²) in [6, 6.07) is 0.739. The van der Waals surface area contributed by atoms with E-state index in [4.69, 9.17) is 0 Å². The Kier molecular flexibility index (Phi) is 4.66. The number of hydrogen-bond acceptors (Lipinski definition) is 5. The van der Waals surface area contributed by atoms with Crippen molar-refractivity contribution >= 4 is 0 Å². The Labute approximate surface area is 108 Å². The van der Waals surface area contributed by atoms with Gasteiger partial charge in [0.15, 0.2) is 5.82 Å². The molecule has 1 aromatic heterocycles. The summed E-state index contributed by atoms with van der Waals surface area (Å²) in [6.07, 6.45) is 4.47. The van der Waals surface area contributed by atoms with E-state index in [1.54, 1.807) is 0 Å². The summed E-state index contributed by atoms with van der Waals surface area (Å²) in [6.45, 7) is 6.15. The van der Waals surface area contributed by atoms with Crippen LogP contribution in [0.3, 0.4) is 0 Å². The second-order valence-corrected chi connectivity index (χ2v) is 5.11. The normalized spacial score (nSPS) is 25.5. The van der Waals surface area contributed by atoms with Crippen LogP contribution in [0.2, 0.25) is 0 Å². The van der Waals surface area contributed by atoms with Crippen LogP contribution in [-0.2, 0) is 13.1 Å². The molecule has 18 heavy (non-hydrogen) atoms. The van der Waals surface area contributed by atoms with Gasteiger partial charge in [-0.25, -0.2) is 4.68 Å². The molecule has 6 nitrogen and oxygen atoms in total. The number of nitrogens with zero attached hydrogens (tertiary/aromatic N) is 5. The summed E-state index contributed by atoms with van der Waals surface area (Å²) in [5.74, 6) is 0.907. The average Bonchev–Trinajstić information content (AvgIpc) is 2.80. The van der Waals surface area contributed by atoms with Crippen molar-refractivity contribution in [1.29, 1.82) is 0 Å². The highest BCUT2D eigenvalue weighted by Gasteiger charge is 2.28. The fraction of sp³-hybridized carbons (Fsp3) is 0.917. The predicted molar refractivity (Wildman–Crippen MR) is 67.8 cm³/mol. The monoisotopic (exact) mass is 253 g/mol. The van der Waals surface area contributed by atoms with Crippen LogP contribution < -0.4 is 0 Å². The summed E-state index contributed by atoms with van der Waals surface area (Å²) in [7, 11) is 0. The Morgan fingerprint density at radius 3 is 2.94 bits per heavy atom. The molecular formula is C12H23N5O. The number of likely N-dealkylation sites (tertiary alicyclic amines) is 1. The Bertz CT molecular complexity index is 367. The first-order valence-electron chi connectivity index (χ1n) is 6.88. The van der Waals surface area contributed by atoms with Crippen LogP contribution in [0.15, 0.2) is 0 Å². The molecule has 6 heteroatoms. The van der Waals surface area contributed by atoms with Gasteiger partial charge in [-0.15, -0.1) is 5.10 Å². The Balaban J connectivity index is 2.07. The van der Waals surface area contributed by atoms with E-state index in [1.165, 1.54) is 12.8 Å². The van der Waals surface area contributed by atoms with Crippen LogP contribution >= 0.6 is 0 Å². The summed E-state index contributed by atoms with van der Waals surface area (Å²) in [4.78, 5) is 2.33.